The zero-order valence-electron chi connectivity index (χ0n) is 40.0. The van der Waals surface area contributed by atoms with E-state index < -0.39 is 35.6 Å². The minimum Gasteiger partial charge on any atom is -0.391 e. The van der Waals surface area contributed by atoms with Gasteiger partial charge in [0.25, 0.3) is 0 Å². The van der Waals surface area contributed by atoms with E-state index in [2.05, 4.69) is 45.0 Å². The number of unbranched alkanes of at least 4 members (excludes halogenated alkanes) is 1. The number of hydrogen-bond acceptors (Lipinski definition) is 12. The summed E-state index contributed by atoms with van der Waals surface area (Å²) in [7, 11) is 0. The lowest BCUT2D eigenvalue weighted by Gasteiger charge is -2.35. The van der Waals surface area contributed by atoms with Crippen LogP contribution in [0.5, 0.6) is 0 Å². The molecule has 5 atom stereocenters. The van der Waals surface area contributed by atoms with Gasteiger partial charge in [-0.05, 0) is 88.1 Å². The van der Waals surface area contributed by atoms with Crippen molar-refractivity contribution in [2.24, 2.45) is 10.4 Å². The van der Waals surface area contributed by atoms with E-state index in [1.807, 2.05) is 100 Å². The maximum atomic E-state index is 14.1. The number of aliphatic hydroxyl groups is 1. The summed E-state index contributed by atoms with van der Waals surface area (Å²) in [6.07, 6.45) is 1.28. The maximum Gasteiger partial charge on any atom is 0.246 e. The van der Waals surface area contributed by atoms with Crippen LogP contribution in [-0.2, 0) is 23.9 Å². The third-order valence-electron chi connectivity index (χ3n) is 12.5. The van der Waals surface area contributed by atoms with Crippen molar-refractivity contribution in [1.82, 2.24) is 40.6 Å². The second kappa shape index (κ2) is 22.0. The second-order valence-corrected chi connectivity index (χ2v) is 21.3. The first kappa shape index (κ1) is 50.5. The number of amides is 4. The fraction of sp³-hybridized carbons (Fsp3) is 0.480. The van der Waals surface area contributed by atoms with Crippen LogP contribution in [0.3, 0.4) is 0 Å². The molecule has 1 unspecified atom stereocenters. The Morgan fingerprint density at radius 2 is 1.63 bits per heavy atom. The van der Waals surface area contributed by atoms with Gasteiger partial charge in [-0.2, -0.15) is 0 Å². The number of thiazole rings is 1. The Bertz CT molecular complexity index is 2630. The van der Waals surface area contributed by atoms with Gasteiger partial charge in [-0.1, -0.05) is 68.8 Å². The highest BCUT2D eigenvalue weighted by Gasteiger charge is 2.45. The molecule has 0 saturated carbocycles. The van der Waals surface area contributed by atoms with Gasteiger partial charge >= 0.3 is 0 Å². The molecule has 362 valence electrons. The van der Waals surface area contributed by atoms with E-state index in [9.17, 15) is 24.3 Å². The predicted molar refractivity (Wildman–Crippen MR) is 267 cm³/mol. The van der Waals surface area contributed by atoms with Crippen LogP contribution in [0.4, 0.5) is 0 Å². The molecule has 0 radical (unpaired) electrons. The van der Waals surface area contributed by atoms with Gasteiger partial charge in [0, 0.05) is 60.2 Å². The van der Waals surface area contributed by atoms with Crippen LogP contribution >= 0.6 is 34.3 Å². The number of rotatable bonds is 18. The number of ether oxygens (including phenoxy) is 1. The molecular formula is C50H62ClN9O6S2. The highest BCUT2D eigenvalue weighted by Crippen LogP contribution is 2.40. The van der Waals surface area contributed by atoms with Crippen molar-refractivity contribution in [1.29, 1.82) is 0 Å². The Morgan fingerprint density at radius 3 is 2.32 bits per heavy atom. The zero-order chi connectivity index (χ0) is 48.9. The fourth-order valence-electron chi connectivity index (χ4n) is 8.62. The number of nitrogens with zero attached hydrogens (tertiary/aromatic N) is 6. The lowest BCUT2D eigenvalue weighted by molar-refractivity contribution is -0.144. The lowest BCUT2D eigenvalue weighted by Crippen LogP contribution is -2.57. The van der Waals surface area contributed by atoms with Crippen LogP contribution in [0.1, 0.15) is 123 Å². The Hall–Kier alpha value is -5.33. The smallest absolute Gasteiger partial charge is 0.246 e. The summed E-state index contributed by atoms with van der Waals surface area (Å²) in [5.74, 6) is 0.148. The van der Waals surface area contributed by atoms with Crippen LogP contribution in [0, 0.1) is 33.1 Å². The highest BCUT2D eigenvalue weighted by molar-refractivity contribution is 7.15. The van der Waals surface area contributed by atoms with E-state index >= 15 is 0 Å². The molecule has 4 amide bonds. The molecule has 1 fully saturated rings. The quantitative estimate of drug-likeness (QED) is 0.0638. The first-order chi connectivity index (χ1) is 32.4. The molecule has 5 aromatic rings. The molecule has 4 N–H and O–H groups in total. The zero-order valence-corrected chi connectivity index (χ0v) is 42.4. The number of thiophene rings is 1. The fourth-order valence-corrected chi connectivity index (χ4v) is 10.8. The van der Waals surface area contributed by atoms with Crippen LogP contribution in [0.15, 0.2) is 59.0 Å². The number of halogens is 1. The normalized spacial score (nSPS) is 17.7. The lowest BCUT2D eigenvalue weighted by atomic mass is 9.85. The van der Waals surface area contributed by atoms with Crippen molar-refractivity contribution in [3.8, 4) is 15.4 Å². The highest BCUT2D eigenvalue weighted by atomic mass is 35.5. The summed E-state index contributed by atoms with van der Waals surface area (Å²) in [4.78, 5) is 67.6. The minimum absolute atomic E-state index is 0.00159. The van der Waals surface area contributed by atoms with Crippen molar-refractivity contribution in [2.45, 2.75) is 124 Å². The molecule has 1 saturated heterocycles. The molecule has 5 heterocycles. The number of aryl methyl sites for hydroxylation is 3. The molecule has 3 aromatic heterocycles. The molecule has 7 rings (SSSR count). The molecular weight excluding hydrogens is 922 g/mol. The molecule has 0 spiro atoms. The number of aromatic nitrogens is 4. The number of carbonyl (C=O) groups is 4. The number of benzene rings is 2. The number of aliphatic hydroxyl groups excluding tert-OH is 1. The Balaban J connectivity index is 0.840. The summed E-state index contributed by atoms with van der Waals surface area (Å²) in [6, 6.07) is 12.8. The summed E-state index contributed by atoms with van der Waals surface area (Å²) >= 11 is 9.48. The van der Waals surface area contributed by atoms with Crippen LogP contribution in [0.25, 0.3) is 15.4 Å². The Kier molecular flexibility index (Phi) is 16.3. The number of β-amino-alcohol motifs (C(OH)–C–C–N with tert-alkyl or cyclic N) is 1. The molecule has 2 aliphatic rings. The van der Waals surface area contributed by atoms with Crippen molar-refractivity contribution in [2.75, 3.05) is 26.3 Å². The standard InChI is InChI=1S/C50H62ClN9O6S2/c1-28-31(4)68-49-42(28)43(34-17-19-36(51)20-18-34)55-38(46-58-57-32(5)60(46)49)25-41(63)52-21-11-23-66-22-10-9-12-40(62)56-45(50(6,7)8)48(65)59-26-37(61)24-39(59)47(64)54-29(2)33-13-15-35(16-14-33)44-30(3)53-27-67-44/h13-20,27,29,37-39,45,61H,9-12,21-26H2,1-8H3,(H,52,63)(H,54,64)(H,56,62)/t29-,37+,38-,39-,45?/m0/s1. The van der Waals surface area contributed by atoms with Crippen LogP contribution in [0.2, 0.25) is 5.02 Å². The van der Waals surface area contributed by atoms with E-state index in [1.54, 1.807) is 22.7 Å². The van der Waals surface area contributed by atoms with E-state index in [0.717, 1.165) is 54.9 Å². The third kappa shape index (κ3) is 11.7. The Labute approximate surface area is 411 Å². The number of hydrogen-bond donors (Lipinski definition) is 4. The molecule has 2 aliphatic heterocycles. The van der Waals surface area contributed by atoms with Gasteiger partial charge in [-0.3, -0.25) is 28.7 Å². The second-order valence-electron chi connectivity index (χ2n) is 18.8. The largest absolute Gasteiger partial charge is 0.391 e. The van der Waals surface area contributed by atoms with Crippen molar-refractivity contribution < 1.29 is 29.0 Å². The maximum absolute atomic E-state index is 14.1. The van der Waals surface area contributed by atoms with Gasteiger partial charge in [0.15, 0.2) is 5.82 Å². The van der Waals surface area contributed by atoms with E-state index in [-0.39, 0.29) is 49.6 Å². The van der Waals surface area contributed by atoms with Crippen LogP contribution < -0.4 is 16.0 Å². The first-order valence-corrected chi connectivity index (χ1v) is 25.3. The summed E-state index contributed by atoms with van der Waals surface area (Å²) < 4.78 is 7.86. The Morgan fingerprint density at radius 1 is 0.926 bits per heavy atom. The SMILES string of the molecule is Cc1ncsc1-c1ccc([C@H](C)NC(=O)[C@@H]2C[C@@H](O)CN2C(=O)C(NC(=O)CCCCOCCCNC(=O)C[C@@H]2N=C(c3ccc(Cl)cc3)c3c(sc(C)c3C)-n3c(C)nnc32)C(C)(C)C)cc1. The average Bonchev–Trinajstić information content (AvgIpc) is 4.07. The molecule has 2 aromatic carbocycles. The molecule has 15 nitrogen and oxygen atoms in total. The van der Waals surface area contributed by atoms with Gasteiger partial charge in [0.2, 0.25) is 23.6 Å². The summed E-state index contributed by atoms with van der Waals surface area (Å²) in [6.45, 7) is 16.8. The van der Waals surface area contributed by atoms with Gasteiger partial charge in [-0.15, -0.1) is 32.9 Å². The number of carbonyl (C=O) groups excluding carboxylic acids is 4. The van der Waals surface area contributed by atoms with Crippen molar-refractivity contribution in [3.63, 3.8) is 0 Å². The molecule has 0 aliphatic carbocycles. The van der Waals surface area contributed by atoms with E-state index in [1.165, 1.54) is 9.78 Å². The van der Waals surface area contributed by atoms with Crippen molar-refractivity contribution in [3.05, 3.63) is 104 Å². The summed E-state index contributed by atoms with van der Waals surface area (Å²) in [5, 5.41) is 30.1. The van der Waals surface area contributed by atoms with Gasteiger partial charge in [0.05, 0.1) is 40.4 Å². The average molecular weight is 985 g/mol. The third-order valence-corrected chi connectivity index (χ3v) is 14.9. The molecule has 18 heteroatoms. The van der Waals surface area contributed by atoms with Gasteiger partial charge in [0.1, 0.15) is 29.0 Å². The number of aliphatic imine (C=N–C) groups is 1. The first-order valence-electron chi connectivity index (χ1n) is 23.2. The monoisotopic (exact) mass is 983 g/mol. The van der Waals surface area contributed by atoms with Gasteiger partial charge in [-0.25, -0.2) is 4.98 Å². The predicted octanol–water partition coefficient (Wildman–Crippen LogP) is 7.68. The minimum atomic E-state index is -0.910. The van der Waals surface area contributed by atoms with Crippen LogP contribution in [-0.4, -0.2) is 104 Å². The van der Waals surface area contributed by atoms with E-state index in [4.69, 9.17) is 21.3 Å². The number of nitrogens with one attached hydrogen (secondary N) is 3. The topological polar surface area (TPSA) is 193 Å². The number of likely N-dealkylation sites (tertiary alicyclic amines) is 1. The summed E-state index contributed by atoms with van der Waals surface area (Å²) in [5.41, 5.74) is 7.90. The number of fused-ring (bicyclic) bond motifs is 3. The van der Waals surface area contributed by atoms with Crippen molar-refractivity contribution >= 4 is 63.6 Å². The van der Waals surface area contributed by atoms with Gasteiger partial charge < -0.3 is 30.7 Å². The molecule has 0 bridgehead atoms. The van der Waals surface area contributed by atoms with E-state index in [0.29, 0.717) is 49.9 Å². The molecule has 68 heavy (non-hydrogen) atoms.